The van der Waals surface area contributed by atoms with Crippen molar-refractivity contribution < 1.29 is 9.90 Å². The number of rotatable bonds is 8. The van der Waals surface area contributed by atoms with Crippen LogP contribution in [0.25, 0.3) is 0 Å². The highest BCUT2D eigenvalue weighted by Crippen LogP contribution is 2.26. The Morgan fingerprint density at radius 2 is 2.20 bits per heavy atom. The van der Waals surface area contributed by atoms with Crippen LogP contribution in [0.3, 0.4) is 0 Å². The molecule has 0 aliphatic heterocycles. The van der Waals surface area contributed by atoms with Gasteiger partial charge in [-0.1, -0.05) is 24.7 Å². The first-order valence-electron chi connectivity index (χ1n) is 6.82. The number of aliphatic hydroxyl groups excluding tert-OH is 1. The van der Waals surface area contributed by atoms with Crippen molar-refractivity contribution in [1.29, 1.82) is 0 Å². The lowest BCUT2D eigenvalue weighted by molar-refractivity contribution is 0.0947. The molecule has 6 nitrogen and oxygen atoms in total. The molecule has 1 rings (SSSR count). The minimum atomic E-state index is -0.188. The summed E-state index contributed by atoms with van der Waals surface area (Å²) < 4.78 is 0. The van der Waals surface area contributed by atoms with Crippen LogP contribution in [0.15, 0.2) is 0 Å². The van der Waals surface area contributed by atoms with E-state index in [1.165, 1.54) is 11.3 Å². The first-order valence-corrected chi connectivity index (χ1v) is 7.63. The van der Waals surface area contributed by atoms with Crippen LogP contribution in [0.5, 0.6) is 0 Å². The van der Waals surface area contributed by atoms with Gasteiger partial charge in [-0.25, -0.2) is 4.98 Å². The summed E-state index contributed by atoms with van der Waals surface area (Å²) in [7, 11) is 3.72. The van der Waals surface area contributed by atoms with E-state index in [9.17, 15) is 4.79 Å². The molecule has 1 unspecified atom stereocenters. The molecule has 0 saturated carbocycles. The molecule has 20 heavy (non-hydrogen) atoms. The van der Waals surface area contributed by atoms with Gasteiger partial charge >= 0.3 is 0 Å². The van der Waals surface area contributed by atoms with E-state index in [0.29, 0.717) is 28.9 Å². The van der Waals surface area contributed by atoms with Gasteiger partial charge < -0.3 is 21.1 Å². The standard InChI is InChI=1S/C13H24N4O2S/c1-4-5-9(6-7-18)8-15-12(19)10-11(14)16-13(20-10)17(2)3/h9,18H,4-8,14H2,1-3H3,(H,15,19). The van der Waals surface area contributed by atoms with Crippen LogP contribution >= 0.6 is 11.3 Å². The first-order chi connectivity index (χ1) is 9.49. The molecule has 0 radical (unpaired) electrons. The van der Waals surface area contributed by atoms with Gasteiger partial charge in [-0.05, 0) is 18.8 Å². The molecule has 4 N–H and O–H groups in total. The van der Waals surface area contributed by atoms with Crippen molar-refractivity contribution in [2.75, 3.05) is 37.9 Å². The topological polar surface area (TPSA) is 91.5 Å². The molecule has 0 aliphatic carbocycles. The number of nitrogens with one attached hydrogen (secondary N) is 1. The van der Waals surface area contributed by atoms with Crippen LogP contribution in [0.2, 0.25) is 0 Å². The molecule has 1 heterocycles. The number of nitrogens with two attached hydrogens (primary N) is 1. The highest BCUT2D eigenvalue weighted by atomic mass is 32.1. The SMILES string of the molecule is CCCC(CCO)CNC(=O)c1sc(N(C)C)nc1N. The summed E-state index contributed by atoms with van der Waals surface area (Å²) in [6.07, 6.45) is 2.73. The van der Waals surface area contributed by atoms with Crippen LogP contribution in [0, 0.1) is 5.92 Å². The number of nitrogen functional groups attached to an aromatic ring is 1. The second-order valence-corrected chi connectivity index (χ2v) is 5.96. The lowest BCUT2D eigenvalue weighted by atomic mass is 10.0. The first kappa shape index (κ1) is 16.7. The fraction of sp³-hybridized carbons (Fsp3) is 0.692. The van der Waals surface area contributed by atoms with E-state index in [4.69, 9.17) is 10.8 Å². The van der Waals surface area contributed by atoms with Gasteiger partial charge in [-0.3, -0.25) is 4.79 Å². The maximum atomic E-state index is 12.1. The van der Waals surface area contributed by atoms with Crippen molar-refractivity contribution in [3.63, 3.8) is 0 Å². The average Bonchev–Trinajstić information content (AvgIpc) is 2.78. The fourth-order valence-corrected chi connectivity index (χ4v) is 2.75. The second kappa shape index (κ2) is 8.06. The molecule has 7 heteroatoms. The van der Waals surface area contributed by atoms with Gasteiger partial charge in [-0.2, -0.15) is 0 Å². The smallest absolute Gasteiger partial charge is 0.265 e. The van der Waals surface area contributed by atoms with Gasteiger partial charge in [0.05, 0.1) is 0 Å². The quantitative estimate of drug-likeness (QED) is 0.673. The maximum absolute atomic E-state index is 12.1. The Hall–Kier alpha value is -1.34. The molecule has 1 aromatic rings. The van der Waals surface area contributed by atoms with E-state index in [1.807, 2.05) is 19.0 Å². The Labute approximate surface area is 124 Å². The van der Waals surface area contributed by atoms with Crippen LogP contribution in [0.4, 0.5) is 10.9 Å². The number of aliphatic hydroxyl groups is 1. The second-order valence-electron chi connectivity index (χ2n) is 4.98. The molecular weight excluding hydrogens is 276 g/mol. The predicted molar refractivity (Wildman–Crippen MR) is 83.3 cm³/mol. The lowest BCUT2D eigenvalue weighted by Gasteiger charge is -2.15. The zero-order valence-corrected chi connectivity index (χ0v) is 13.2. The van der Waals surface area contributed by atoms with Crippen molar-refractivity contribution >= 4 is 28.2 Å². The number of carbonyl (C=O) groups excluding carboxylic acids is 1. The van der Waals surface area contributed by atoms with Gasteiger partial charge in [0, 0.05) is 27.2 Å². The number of amides is 1. The summed E-state index contributed by atoms with van der Waals surface area (Å²) in [6.45, 7) is 2.80. The number of thiazole rings is 1. The monoisotopic (exact) mass is 300 g/mol. The Balaban J connectivity index is 2.61. The van der Waals surface area contributed by atoms with Crippen molar-refractivity contribution in [1.82, 2.24) is 10.3 Å². The zero-order chi connectivity index (χ0) is 15.1. The molecule has 0 bridgehead atoms. The minimum Gasteiger partial charge on any atom is -0.396 e. The van der Waals surface area contributed by atoms with Gasteiger partial charge in [0.15, 0.2) is 5.13 Å². The number of hydrogen-bond donors (Lipinski definition) is 3. The molecule has 114 valence electrons. The third kappa shape index (κ3) is 4.64. The average molecular weight is 300 g/mol. The molecular formula is C13H24N4O2S. The van der Waals surface area contributed by atoms with Crippen molar-refractivity contribution in [3.05, 3.63) is 4.88 Å². The molecule has 0 saturated heterocycles. The number of hydrogen-bond acceptors (Lipinski definition) is 6. The Morgan fingerprint density at radius 3 is 2.70 bits per heavy atom. The van der Waals surface area contributed by atoms with E-state index < -0.39 is 0 Å². The molecule has 1 atom stereocenters. The van der Waals surface area contributed by atoms with Crippen LogP contribution in [0.1, 0.15) is 35.9 Å². The fourth-order valence-electron chi connectivity index (χ4n) is 1.93. The van der Waals surface area contributed by atoms with Crippen molar-refractivity contribution in [2.24, 2.45) is 5.92 Å². The molecule has 0 aromatic carbocycles. The van der Waals surface area contributed by atoms with E-state index in [0.717, 1.165) is 12.8 Å². The Morgan fingerprint density at radius 1 is 1.50 bits per heavy atom. The molecule has 0 aliphatic rings. The van der Waals surface area contributed by atoms with Gasteiger partial charge in [0.25, 0.3) is 5.91 Å². The number of anilines is 2. The highest BCUT2D eigenvalue weighted by Gasteiger charge is 2.18. The summed E-state index contributed by atoms with van der Waals surface area (Å²) in [6, 6.07) is 0. The normalized spacial score (nSPS) is 12.2. The maximum Gasteiger partial charge on any atom is 0.265 e. The Bertz CT molecular complexity index is 428. The van der Waals surface area contributed by atoms with Gasteiger partial charge in [0.2, 0.25) is 0 Å². The van der Waals surface area contributed by atoms with Gasteiger partial charge in [0.1, 0.15) is 10.7 Å². The minimum absolute atomic E-state index is 0.147. The van der Waals surface area contributed by atoms with E-state index >= 15 is 0 Å². The summed E-state index contributed by atoms with van der Waals surface area (Å²) >= 11 is 1.28. The summed E-state index contributed by atoms with van der Waals surface area (Å²) in [5, 5.41) is 12.6. The highest BCUT2D eigenvalue weighted by molar-refractivity contribution is 7.18. The lowest BCUT2D eigenvalue weighted by Crippen LogP contribution is -2.29. The van der Waals surface area contributed by atoms with Crippen LogP contribution in [-0.2, 0) is 0 Å². The van der Waals surface area contributed by atoms with E-state index in [2.05, 4.69) is 17.2 Å². The number of nitrogens with zero attached hydrogens (tertiary/aromatic N) is 2. The van der Waals surface area contributed by atoms with Crippen LogP contribution < -0.4 is 16.0 Å². The summed E-state index contributed by atoms with van der Waals surface area (Å²) in [5.41, 5.74) is 5.78. The molecule has 1 amide bonds. The largest absolute Gasteiger partial charge is 0.396 e. The van der Waals surface area contributed by atoms with Crippen LogP contribution in [-0.4, -0.2) is 43.2 Å². The van der Waals surface area contributed by atoms with Crippen molar-refractivity contribution in [2.45, 2.75) is 26.2 Å². The summed E-state index contributed by atoms with van der Waals surface area (Å²) in [4.78, 5) is 18.5. The summed E-state index contributed by atoms with van der Waals surface area (Å²) in [5.74, 6) is 0.383. The van der Waals surface area contributed by atoms with E-state index in [1.54, 1.807) is 0 Å². The third-order valence-corrected chi connectivity index (χ3v) is 4.25. The molecule has 0 spiro atoms. The molecule has 1 aromatic heterocycles. The number of carbonyl (C=O) groups is 1. The Kier molecular flexibility index (Phi) is 6.74. The van der Waals surface area contributed by atoms with Gasteiger partial charge in [-0.15, -0.1) is 0 Å². The predicted octanol–water partition coefficient (Wildman–Crippen LogP) is 1.32. The number of aromatic nitrogens is 1. The molecule has 0 fully saturated rings. The third-order valence-electron chi connectivity index (χ3n) is 3.02. The van der Waals surface area contributed by atoms with Crippen molar-refractivity contribution in [3.8, 4) is 0 Å². The zero-order valence-electron chi connectivity index (χ0n) is 12.3. The van der Waals surface area contributed by atoms with E-state index in [-0.39, 0.29) is 18.3 Å².